The first-order valence-corrected chi connectivity index (χ1v) is 8.48. The molecule has 0 aromatic carbocycles. The van der Waals surface area contributed by atoms with Gasteiger partial charge in [-0.25, -0.2) is 20.8 Å². The molecular weight excluding hydrogens is 290 g/mol. The first kappa shape index (κ1) is 14.6. The standard InChI is InChI=1S/C17H23N5O/c1-11(2)15-19-10-12-8-13-21(16(12)20-15)17(6-4-3-5-7-17)9-14(23)22(13)18/h8,10-11H,3-7,9,18H2,1-2H3. The maximum absolute atomic E-state index is 12.4. The molecule has 23 heavy (non-hydrogen) atoms. The number of carbonyl (C=O) groups excluding carboxylic acids is 1. The van der Waals surface area contributed by atoms with Crippen LogP contribution in [0.5, 0.6) is 0 Å². The van der Waals surface area contributed by atoms with Crippen LogP contribution in [0.25, 0.3) is 11.0 Å². The van der Waals surface area contributed by atoms with Crippen molar-refractivity contribution in [1.29, 1.82) is 0 Å². The van der Waals surface area contributed by atoms with Crippen LogP contribution in [-0.4, -0.2) is 20.4 Å². The molecule has 1 spiro atoms. The van der Waals surface area contributed by atoms with Crippen molar-refractivity contribution in [3.05, 3.63) is 18.1 Å². The van der Waals surface area contributed by atoms with E-state index in [1.807, 2.05) is 12.3 Å². The second-order valence-corrected chi connectivity index (χ2v) is 7.23. The molecule has 122 valence electrons. The summed E-state index contributed by atoms with van der Waals surface area (Å²) in [6.45, 7) is 4.19. The third kappa shape index (κ3) is 2.08. The van der Waals surface area contributed by atoms with Crippen LogP contribution in [0.3, 0.4) is 0 Å². The highest BCUT2D eigenvalue weighted by Crippen LogP contribution is 2.46. The Kier molecular flexibility index (Phi) is 3.20. The van der Waals surface area contributed by atoms with Crippen molar-refractivity contribution in [2.45, 2.75) is 63.8 Å². The molecule has 0 saturated heterocycles. The molecule has 1 saturated carbocycles. The fraction of sp³-hybridized carbons (Fsp3) is 0.588. The van der Waals surface area contributed by atoms with Gasteiger partial charge in [0.2, 0.25) is 5.91 Å². The van der Waals surface area contributed by atoms with Gasteiger partial charge in [-0.1, -0.05) is 33.1 Å². The highest BCUT2D eigenvalue weighted by atomic mass is 16.2. The lowest BCUT2D eigenvalue weighted by atomic mass is 9.78. The normalized spacial score (nSPS) is 20.5. The molecule has 0 radical (unpaired) electrons. The van der Waals surface area contributed by atoms with E-state index in [1.54, 1.807) is 0 Å². The van der Waals surface area contributed by atoms with E-state index < -0.39 is 0 Å². The summed E-state index contributed by atoms with van der Waals surface area (Å²) in [5.41, 5.74) is 0.758. The minimum absolute atomic E-state index is 0.000696. The van der Waals surface area contributed by atoms with Crippen molar-refractivity contribution in [3.63, 3.8) is 0 Å². The molecule has 0 unspecified atom stereocenters. The van der Waals surface area contributed by atoms with Crippen molar-refractivity contribution in [1.82, 2.24) is 14.5 Å². The number of nitrogens with zero attached hydrogens (tertiary/aromatic N) is 4. The molecule has 1 amide bonds. The van der Waals surface area contributed by atoms with Gasteiger partial charge >= 0.3 is 0 Å². The third-order valence-corrected chi connectivity index (χ3v) is 5.31. The van der Waals surface area contributed by atoms with Gasteiger partial charge in [-0.15, -0.1) is 0 Å². The number of aromatic nitrogens is 3. The van der Waals surface area contributed by atoms with Gasteiger partial charge in [-0.3, -0.25) is 4.79 Å². The van der Waals surface area contributed by atoms with Gasteiger partial charge < -0.3 is 4.57 Å². The fourth-order valence-corrected chi connectivity index (χ4v) is 4.10. The number of fused-ring (bicyclic) bond motifs is 4. The lowest BCUT2D eigenvalue weighted by molar-refractivity contribution is -0.122. The Morgan fingerprint density at radius 3 is 2.70 bits per heavy atom. The van der Waals surface area contributed by atoms with E-state index in [9.17, 15) is 4.79 Å². The van der Waals surface area contributed by atoms with Crippen molar-refractivity contribution >= 4 is 22.8 Å². The van der Waals surface area contributed by atoms with E-state index in [4.69, 9.17) is 10.8 Å². The molecule has 0 atom stereocenters. The first-order chi connectivity index (χ1) is 11.0. The SMILES string of the molecule is CC(C)c1ncc2cc3n(c2n1)C1(CCCCC1)CC(=O)N3N. The molecule has 2 aromatic rings. The average Bonchev–Trinajstić information content (AvgIpc) is 2.93. The van der Waals surface area contributed by atoms with Crippen molar-refractivity contribution in [3.8, 4) is 0 Å². The van der Waals surface area contributed by atoms with E-state index in [0.717, 1.165) is 48.4 Å². The molecule has 3 heterocycles. The number of carbonyl (C=O) groups is 1. The van der Waals surface area contributed by atoms with Gasteiger partial charge in [0.1, 0.15) is 17.3 Å². The zero-order valence-electron chi connectivity index (χ0n) is 13.7. The minimum atomic E-state index is -0.162. The zero-order chi connectivity index (χ0) is 16.2. The van der Waals surface area contributed by atoms with E-state index in [0.29, 0.717) is 6.42 Å². The minimum Gasteiger partial charge on any atom is -0.304 e. The largest absolute Gasteiger partial charge is 0.304 e. The van der Waals surface area contributed by atoms with Gasteiger partial charge in [0, 0.05) is 17.5 Å². The second kappa shape index (κ2) is 5.03. The summed E-state index contributed by atoms with van der Waals surface area (Å²) in [5.74, 6) is 7.92. The molecular formula is C17H23N5O. The molecule has 2 aliphatic rings. The van der Waals surface area contributed by atoms with Crippen LogP contribution in [0, 0.1) is 0 Å². The second-order valence-electron chi connectivity index (χ2n) is 7.23. The lowest BCUT2D eigenvalue weighted by Crippen LogP contribution is -2.52. The van der Waals surface area contributed by atoms with Crippen molar-refractivity contribution in [2.24, 2.45) is 5.84 Å². The zero-order valence-corrected chi connectivity index (χ0v) is 13.7. The fourth-order valence-electron chi connectivity index (χ4n) is 4.10. The number of hydrogen-bond donors (Lipinski definition) is 1. The Morgan fingerprint density at radius 2 is 2.00 bits per heavy atom. The van der Waals surface area contributed by atoms with Gasteiger partial charge in [0.05, 0.1) is 12.0 Å². The highest BCUT2D eigenvalue weighted by molar-refractivity contribution is 5.97. The molecule has 1 aliphatic heterocycles. The Bertz CT molecular complexity index is 773. The van der Waals surface area contributed by atoms with Crippen LogP contribution in [0.1, 0.15) is 64.1 Å². The van der Waals surface area contributed by atoms with Gasteiger partial charge in [-0.05, 0) is 18.9 Å². The Balaban J connectivity index is 1.99. The highest BCUT2D eigenvalue weighted by Gasteiger charge is 2.44. The molecule has 1 aliphatic carbocycles. The lowest BCUT2D eigenvalue weighted by Gasteiger charge is -2.44. The molecule has 2 aromatic heterocycles. The summed E-state index contributed by atoms with van der Waals surface area (Å²) in [4.78, 5) is 21.7. The smallest absolute Gasteiger partial charge is 0.244 e. The van der Waals surface area contributed by atoms with Crippen LogP contribution in [0.15, 0.2) is 12.3 Å². The summed E-state index contributed by atoms with van der Waals surface area (Å²) in [5, 5.41) is 2.25. The van der Waals surface area contributed by atoms with Crippen molar-refractivity contribution < 1.29 is 4.79 Å². The topological polar surface area (TPSA) is 77.0 Å². The van der Waals surface area contributed by atoms with Gasteiger partial charge in [0.15, 0.2) is 0 Å². The van der Waals surface area contributed by atoms with E-state index in [-0.39, 0.29) is 17.4 Å². The van der Waals surface area contributed by atoms with E-state index in [2.05, 4.69) is 23.4 Å². The molecule has 2 N–H and O–H groups in total. The number of hydrogen-bond acceptors (Lipinski definition) is 4. The number of anilines is 1. The molecule has 1 fully saturated rings. The Hall–Kier alpha value is -1.95. The number of amides is 1. The van der Waals surface area contributed by atoms with Crippen LogP contribution in [-0.2, 0) is 10.3 Å². The average molecular weight is 313 g/mol. The van der Waals surface area contributed by atoms with Crippen LogP contribution in [0.4, 0.5) is 5.82 Å². The predicted octanol–water partition coefficient (Wildman–Crippen LogP) is 2.82. The first-order valence-electron chi connectivity index (χ1n) is 8.48. The van der Waals surface area contributed by atoms with Crippen LogP contribution < -0.4 is 10.9 Å². The molecule has 6 heteroatoms. The molecule has 0 bridgehead atoms. The quantitative estimate of drug-likeness (QED) is 0.649. The summed E-state index contributed by atoms with van der Waals surface area (Å²) in [6.07, 6.45) is 7.91. The monoisotopic (exact) mass is 313 g/mol. The Labute approximate surface area is 135 Å². The maximum Gasteiger partial charge on any atom is 0.244 e. The predicted molar refractivity (Wildman–Crippen MR) is 89.0 cm³/mol. The van der Waals surface area contributed by atoms with E-state index in [1.165, 1.54) is 11.4 Å². The van der Waals surface area contributed by atoms with Crippen LogP contribution >= 0.6 is 0 Å². The van der Waals surface area contributed by atoms with E-state index >= 15 is 0 Å². The third-order valence-electron chi connectivity index (χ3n) is 5.31. The summed E-state index contributed by atoms with van der Waals surface area (Å²) in [7, 11) is 0. The van der Waals surface area contributed by atoms with Gasteiger partial charge in [0.25, 0.3) is 0 Å². The summed E-state index contributed by atoms with van der Waals surface area (Å²) in [6, 6.07) is 1.95. The van der Waals surface area contributed by atoms with Crippen molar-refractivity contribution in [2.75, 3.05) is 5.01 Å². The molecule has 4 rings (SSSR count). The Morgan fingerprint density at radius 1 is 1.26 bits per heavy atom. The van der Waals surface area contributed by atoms with Gasteiger partial charge in [-0.2, -0.15) is 0 Å². The number of hydrazine groups is 1. The molecule has 6 nitrogen and oxygen atoms in total. The maximum atomic E-state index is 12.4. The number of rotatable bonds is 1. The van der Waals surface area contributed by atoms with Crippen LogP contribution in [0.2, 0.25) is 0 Å². The summed E-state index contributed by atoms with van der Waals surface area (Å²) < 4.78 is 2.23. The number of nitrogens with two attached hydrogens (primary N) is 1. The summed E-state index contributed by atoms with van der Waals surface area (Å²) >= 11 is 0.